The molecule has 9 heteroatoms. The molecule has 0 aromatic heterocycles. The van der Waals surface area contributed by atoms with Crippen LogP contribution in [0.5, 0.6) is 0 Å². The summed E-state index contributed by atoms with van der Waals surface area (Å²) >= 11 is 0. The van der Waals surface area contributed by atoms with Crippen molar-refractivity contribution >= 4 is 23.5 Å². The summed E-state index contributed by atoms with van der Waals surface area (Å²) in [4.78, 5) is 38.8. The maximum Gasteiger partial charge on any atom is 0.312 e. The minimum absolute atomic E-state index is 0.0746. The maximum atomic E-state index is 13.0. The van der Waals surface area contributed by atoms with Gasteiger partial charge in [0.05, 0.1) is 12.3 Å². The Morgan fingerprint density at radius 1 is 1.19 bits per heavy atom. The number of nitrogens with zero attached hydrogens (tertiary/aromatic N) is 1. The first kappa shape index (κ1) is 27.0. The van der Waals surface area contributed by atoms with Crippen molar-refractivity contribution < 1.29 is 19.1 Å². The molecule has 5 N–H and O–H groups in total. The highest BCUT2D eigenvalue weighted by Gasteiger charge is 2.29. The molecule has 0 aliphatic carbocycles. The highest BCUT2D eigenvalue weighted by molar-refractivity contribution is 5.97. The number of carbonyl (C=O) groups is 3. The minimum Gasteiger partial charge on any atom is -0.497 e. The molecule has 2 atom stereocenters. The number of benzene rings is 1. The number of primary amides is 1. The minimum atomic E-state index is -0.757. The van der Waals surface area contributed by atoms with Gasteiger partial charge >= 0.3 is 6.03 Å². The van der Waals surface area contributed by atoms with Crippen molar-refractivity contribution in [1.29, 1.82) is 0 Å². The average Bonchev–Trinajstić information content (AvgIpc) is 2.74. The molecule has 0 aliphatic heterocycles. The monoisotopic (exact) mass is 447 g/mol. The molecule has 1 aromatic rings. The topological polar surface area (TPSA) is 126 Å². The van der Waals surface area contributed by atoms with Gasteiger partial charge in [0, 0.05) is 12.2 Å². The lowest BCUT2D eigenvalue weighted by atomic mass is 10.0. The molecule has 178 valence electrons. The van der Waals surface area contributed by atoms with Crippen LogP contribution in [0.4, 0.5) is 10.5 Å². The van der Waals surface area contributed by atoms with Gasteiger partial charge in [0.25, 0.3) is 0 Å². The number of nitrogens with one attached hydrogen (secondary N) is 3. The number of ether oxygens (including phenoxy) is 1. The number of anilines is 1. The smallest absolute Gasteiger partial charge is 0.312 e. The van der Waals surface area contributed by atoms with E-state index in [4.69, 9.17) is 10.5 Å². The molecule has 0 spiro atoms. The van der Waals surface area contributed by atoms with Crippen LogP contribution < -0.4 is 21.7 Å². The summed E-state index contributed by atoms with van der Waals surface area (Å²) in [7, 11) is 1.88. The number of carbonyl (C=O) groups excluding carboxylic acids is 3. The van der Waals surface area contributed by atoms with E-state index in [9.17, 15) is 14.4 Å². The van der Waals surface area contributed by atoms with E-state index < -0.39 is 12.1 Å². The van der Waals surface area contributed by atoms with Crippen molar-refractivity contribution in [2.45, 2.75) is 52.3 Å². The number of nitrogens with two attached hydrogens (primary N) is 1. The molecule has 0 saturated carbocycles. The second kappa shape index (κ2) is 14.1. The SMILES string of the molecule is C=COCc1ccc(NC(=O)C(CCCNC(N)=O)NC(=O)C(C(C)C)N(C)CC)cc1. The first-order valence-corrected chi connectivity index (χ1v) is 10.9. The standard InChI is InChI=1S/C23H37N5O4/c1-6-28(5)20(16(3)4)22(30)27-19(9-8-14-25-23(24)31)21(29)26-18-12-10-17(11-13-18)15-32-7-2/h7,10-13,16,19-20H,2,6,8-9,14-15H2,1,3-5H3,(H,26,29)(H,27,30)(H3,24,25,31). The number of urea groups is 1. The highest BCUT2D eigenvalue weighted by Crippen LogP contribution is 2.14. The zero-order valence-corrected chi connectivity index (χ0v) is 19.5. The van der Waals surface area contributed by atoms with Crippen LogP contribution in [0, 0.1) is 5.92 Å². The third-order valence-corrected chi connectivity index (χ3v) is 5.06. The Balaban J connectivity index is 2.88. The van der Waals surface area contributed by atoms with Crippen molar-refractivity contribution in [3.8, 4) is 0 Å². The molecule has 0 bridgehead atoms. The number of rotatable bonds is 14. The lowest BCUT2D eigenvalue weighted by molar-refractivity contribution is -0.131. The van der Waals surface area contributed by atoms with Gasteiger partial charge in [0.1, 0.15) is 12.6 Å². The fraction of sp³-hybridized carbons (Fsp3) is 0.522. The van der Waals surface area contributed by atoms with E-state index >= 15 is 0 Å². The van der Waals surface area contributed by atoms with Crippen molar-refractivity contribution in [1.82, 2.24) is 15.5 Å². The summed E-state index contributed by atoms with van der Waals surface area (Å²) in [6, 6.07) is 5.49. The van der Waals surface area contributed by atoms with Crippen LogP contribution in [0.15, 0.2) is 37.1 Å². The Kier molecular flexibility index (Phi) is 11.9. The molecule has 0 heterocycles. The largest absolute Gasteiger partial charge is 0.497 e. The number of hydrogen-bond acceptors (Lipinski definition) is 5. The summed E-state index contributed by atoms with van der Waals surface area (Å²) in [5.41, 5.74) is 6.64. The lowest BCUT2D eigenvalue weighted by Crippen LogP contribution is -2.53. The molecule has 4 amide bonds. The Morgan fingerprint density at radius 2 is 1.84 bits per heavy atom. The molecule has 1 rings (SSSR count). The van der Waals surface area contributed by atoms with Crippen LogP contribution >= 0.6 is 0 Å². The van der Waals surface area contributed by atoms with E-state index in [1.54, 1.807) is 12.1 Å². The number of hydrogen-bond donors (Lipinski definition) is 4. The second-order valence-corrected chi connectivity index (χ2v) is 7.92. The van der Waals surface area contributed by atoms with Gasteiger partial charge in [0.15, 0.2) is 0 Å². The zero-order valence-electron chi connectivity index (χ0n) is 19.5. The number of likely N-dealkylation sites (N-methyl/N-ethyl adjacent to an activating group) is 1. The molecule has 32 heavy (non-hydrogen) atoms. The van der Waals surface area contributed by atoms with Crippen molar-refractivity contribution in [3.05, 3.63) is 42.7 Å². The van der Waals surface area contributed by atoms with Gasteiger partial charge in [-0.05, 0) is 50.0 Å². The second-order valence-electron chi connectivity index (χ2n) is 7.92. The van der Waals surface area contributed by atoms with E-state index in [0.29, 0.717) is 38.2 Å². The molecule has 0 radical (unpaired) electrons. The third-order valence-electron chi connectivity index (χ3n) is 5.06. The Bertz CT molecular complexity index is 751. The van der Waals surface area contributed by atoms with Gasteiger partial charge in [-0.15, -0.1) is 0 Å². The van der Waals surface area contributed by atoms with Crippen molar-refractivity contribution in [2.75, 3.05) is 25.5 Å². The highest BCUT2D eigenvalue weighted by atomic mass is 16.5. The molecule has 2 unspecified atom stereocenters. The van der Waals surface area contributed by atoms with Crippen molar-refractivity contribution in [2.24, 2.45) is 11.7 Å². The number of amides is 4. The quantitative estimate of drug-likeness (QED) is 0.257. The molecule has 1 aromatic carbocycles. The summed E-state index contributed by atoms with van der Waals surface area (Å²) in [5, 5.41) is 8.25. The van der Waals surface area contributed by atoms with E-state index in [-0.39, 0.29) is 23.8 Å². The van der Waals surface area contributed by atoms with Gasteiger partial charge in [-0.3, -0.25) is 14.5 Å². The van der Waals surface area contributed by atoms with E-state index in [0.717, 1.165) is 5.56 Å². The van der Waals surface area contributed by atoms with Gasteiger partial charge in [-0.25, -0.2) is 4.79 Å². The molecular formula is C23H37N5O4. The van der Waals surface area contributed by atoms with Gasteiger partial charge < -0.3 is 26.4 Å². The van der Waals surface area contributed by atoms with Crippen molar-refractivity contribution in [3.63, 3.8) is 0 Å². The molecule has 0 fully saturated rings. The van der Waals surface area contributed by atoms with Crippen LogP contribution in [0.1, 0.15) is 39.2 Å². The first-order chi connectivity index (χ1) is 15.2. The van der Waals surface area contributed by atoms with Crippen LogP contribution in [0.3, 0.4) is 0 Å². The molecule has 0 saturated heterocycles. The predicted molar refractivity (Wildman–Crippen MR) is 126 cm³/mol. The lowest BCUT2D eigenvalue weighted by Gasteiger charge is -2.30. The first-order valence-electron chi connectivity index (χ1n) is 10.9. The van der Waals surface area contributed by atoms with Gasteiger partial charge in [0.2, 0.25) is 11.8 Å². The van der Waals surface area contributed by atoms with Gasteiger partial charge in [-0.2, -0.15) is 0 Å². The van der Waals surface area contributed by atoms with Gasteiger partial charge in [-0.1, -0.05) is 39.5 Å². The summed E-state index contributed by atoms with van der Waals surface area (Å²) in [5.74, 6) is -0.455. The molecule has 0 aliphatic rings. The maximum absolute atomic E-state index is 13.0. The van der Waals surface area contributed by atoms with E-state index in [1.807, 2.05) is 44.9 Å². The normalized spacial score (nSPS) is 12.7. The molecular weight excluding hydrogens is 410 g/mol. The van der Waals surface area contributed by atoms with E-state index in [1.165, 1.54) is 6.26 Å². The fourth-order valence-electron chi connectivity index (χ4n) is 3.32. The van der Waals surface area contributed by atoms with Crippen LogP contribution in [-0.4, -0.2) is 55.0 Å². The zero-order chi connectivity index (χ0) is 24.1. The van der Waals surface area contributed by atoms with Crippen LogP contribution in [0.25, 0.3) is 0 Å². The average molecular weight is 448 g/mol. The predicted octanol–water partition coefficient (Wildman–Crippen LogP) is 2.19. The van der Waals surface area contributed by atoms with E-state index in [2.05, 4.69) is 22.5 Å². The summed E-state index contributed by atoms with van der Waals surface area (Å²) < 4.78 is 5.15. The van der Waals surface area contributed by atoms with Crippen LogP contribution in [0.2, 0.25) is 0 Å². The summed E-state index contributed by atoms with van der Waals surface area (Å²) in [6.45, 7) is 10.8. The molecule has 9 nitrogen and oxygen atoms in total. The Morgan fingerprint density at radius 3 is 2.38 bits per heavy atom. The fourth-order valence-corrected chi connectivity index (χ4v) is 3.32. The third kappa shape index (κ3) is 9.38. The Hall–Kier alpha value is -3.07. The Labute approximate surface area is 190 Å². The van der Waals surface area contributed by atoms with Crippen LogP contribution in [-0.2, 0) is 20.9 Å². The summed E-state index contributed by atoms with van der Waals surface area (Å²) in [6.07, 6.45) is 2.20.